The molecular formula is C10H16. The summed E-state index contributed by atoms with van der Waals surface area (Å²) in [5.41, 5.74) is 2.37. The van der Waals surface area contributed by atoms with Gasteiger partial charge in [0.25, 0.3) is 0 Å². The number of rotatable bonds is 3. The lowest BCUT2D eigenvalue weighted by molar-refractivity contribution is 1.22. The Hall–Kier alpha value is -0.780. The average Bonchev–Trinajstić information content (AvgIpc) is 1.89. The highest BCUT2D eigenvalue weighted by molar-refractivity contribution is 5.35. The van der Waals surface area contributed by atoms with Crippen LogP contribution in [0.1, 0.15) is 27.2 Å². The van der Waals surface area contributed by atoms with E-state index >= 15 is 0 Å². The fourth-order valence-corrected chi connectivity index (χ4v) is 0.730. The van der Waals surface area contributed by atoms with Crippen molar-refractivity contribution in [1.82, 2.24) is 0 Å². The van der Waals surface area contributed by atoms with Gasteiger partial charge in [-0.3, -0.25) is 0 Å². The van der Waals surface area contributed by atoms with Gasteiger partial charge in [0.2, 0.25) is 0 Å². The molecule has 0 aliphatic heterocycles. The van der Waals surface area contributed by atoms with Gasteiger partial charge in [-0.2, -0.15) is 0 Å². The summed E-state index contributed by atoms with van der Waals surface area (Å²) in [7, 11) is 0. The minimum atomic E-state index is 1.09. The fourth-order valence-electron chi connectivity index (χ4n) is 0.730. The molecule has 0 saturated carbocycles. The van der Waals surface area contributed by atoms with E-state index in [0.717, 1.165) is 12.0 Å². The predicted octanol–water partition coefficient (Wildman–Crippen LogP) is 3.48. The van der Waals surface area contributed by atoms with Gasteiger partial charge in [0.15, 0.2) is 0 Å². The van der Waals surface area contributed by atoms with Gasteiger partial charge in [-0.15, -0.1) is 0 Å². The topological polar surface area (TPSA) is 0 Å². The Morgan fingerprint density at radius 2 is 2.10 bits per heavy atom. The predicted molar refractivity (Wildman–Crippen MR) is 48.0 cm³/mol. The average molecular weight is 136 g/mol. The molecule has 0 nitrogen and oxygen atoms in total. The van der Waals surface area contributed by atoms with E-state index in [2.05, 4.69) is 31.7 Å². The van der Waals surface area contributed by atoms with E-state index in [-0.39, 0.29) is 0 Å². The van der Waals surface area contributed by atoms with Crippen molar-refractivity contribution in [2.45, 2.75) is 27.2 Å². The third kappa shape index (κ3) is 3.29. The van der Waals surface area contributed by atoms with Crippen LogP contribution in [0.2, 0.25) is 0 Å². The van der Waals surface area contributed by atoms with Crippen LogP contribution >= 0.6 is 0 Å². The molecule has 0 aromatic heterocycles. The Bertz CT molecular complexity index is 159. The zero-order chi connectivity index (χ0) is 7.98. The van der Waals surface area contributed by atoms with Crippen molar-refractivity contribution >= 4 is 0 Å². The largest absolute Gasteiger partial charge is 0.0955 e. The molecule has 0 rings (SSSR count). The zero-order valence-corrected chi connectivity index (χ0v) is 7.15. The summed E-state index contributed by atoms with van der Waals surface area (Å²) in [5.74, 6) is 0. The molecule has 10 heavy (non-hydrogen) atoms. The highest BCUT2D eigenvalue weighted by Crippen LogP contribution is 2.07. The summed E-state index contributed by atoms with van der Waals surface area (Å²) < 4.78 is 0. The van der Waals surface area contributed by atoms with Crippen LogP contribution in [0.5, 0.6) is 0 Å². The monoisotopic (exact) mass is 136 g/mol. The van der Waals surface area contributed by atoms with Gasteiger partial charge in [-0.25, -0.2) is 0 Å². The standard InChI is InChI=1S/C10H16/c1-5-7-8-10(6-2)9(3)4/h6-8H,3,5H2,1-2,4H3/b8-7-,10-6+. The SMILES string of the molecule is C=C(C)C(/C=C\CC)=C/C. The molecule has 0 aliphatic carbocycles. The molecule has 0 aromatic rings. The summed E-state index contributed by atoms with van der Waals surface area (Å²) in [5, 5.41) is 0. The normalized spacial score (nSPS) is 12.5. The van der Waals surface area contributed by atoms with Gasteiger partial charge in [-0.05, 0) is 25.8 Å². The van der Waals surface area contributed by atoms with Crippen molar-refractivity contribution in [2.75, 3.05) is 0 Å². The van der Waals surface area contributed by atoms with E-state index in [4.69, 9.17) is 0 Å². The van der Waals surface area contributed by atoms with Gasteiger partial charge < -0.3 is 0 Å². The van der Waals surface area contributed by atoms with Crippen molar-refractivity contribution in [1.29, 1.82) is 0 Å². The van der Waals surface area contributed by atoms with E-state index in [1.54, 1.807) is 0 Å². The minimum absolute atomic E-state index is 1.09. The molecular weight excluding hydrogens is 120 g/mol. The van der Waals surface area contributed by atoms with Crippen molar-refractivity contribution in [3.63, 3.8) is 0 Å². The molecule has 0 aromatic carbocycles. The van der Waals surface area contributed by atoms with E-state index in [0.29, 0.717) is 0 Å². The lowest BCUT2D eigenvalue weighted by Gasteiger charge is -1.96. The van der Waals surface area contributed by atoms with Crippen LogP contribution in [0.15, 0.2) is 36.0 Å². The Labute approximate surface area is 64.0 Å². The first kappa shape index (κ1) is 9.22. The Kier molecular flexibility index (Phi) is 4.65. The summed E-state index contributed by atoms with van der Waals surface area (Å²) >= 11 is 0. The summed E-state index contributed by atoms with van der Waals surface area (Å²) in [6.45, 7) is 10.0. The third-order valence-corrected chi connectivity index (χ3v) is 1.34. The van der Waals surface area contributed by atoms with Gasteiger partial charge >= 0.3 is 0 Å². The van der Waals surface area contributed by atoms with Crippen molar-refractivity contribution in [2.24, 2.45) is 0 Å². The maximum Gasteiger partial charge on any atom is -0.0279 e. The number of allylic oxidation sites excluding steroid dienone is 5. The van der Waals surface area contributed by atoms with Crippen LogP contribution in [0, 0.1) is 0 Å². The third-order valence-electron chi connectivity index (χ3n) is 1.34. The second-order valence-electron chi connectivity index (χ2n) is 2.33. The first-order valence-electron chi connectivity index (χ1n) is 3.71. The highest BCUT2D eigenvalue weighted by Gasteiger charge is 1.87. The lowest BCUT2D eigenvalue weighted by atomic mass is 10.1. The quantitative estimate of drug-likeness (QED) is 0.521. The number of hydrogen-bond donors (Lipinski definition) is 0. The molecule has 0 radical (unpaired) electrons. The van der Waals surface area contributed by atoms with Crippen molar-refractivity contribution < 1.29 is 0 Å². The molecule has 0 amide bonds. The van der Waals surface area contributed by atoms with E-state index < -0.39 is 0 Å². The molecule has 0 saturated heterocycles. The maximum atomic E-state index is 3.86. The van der Waals surface area contributed by atoms with Gasteiger partial charge in [-0.1, -0.05) is 37.3 Å². The molecule has 0 atom stereocenters. The zero-order valence-electron chi connectivity index (χ0n) is 7.15. The van der Waals surface area contributed by atoms with Crippen LogP contribution in [-0.2, 0) is 0 Å². The summed E-state index contributed by atoms with van der Waals surface area (Å²) in [6, 6.07) is 0. The first-order chi connectivity index (χ1) is 4.72. The second kappa shape index (κ2) is 5.04. The molecule has 0 bridgehead atoms. The van der Waals surface area contributed by atoms with Crippen LogP contribution in [0.3, 0.4) is 0 Å². The van der Waals surface area contributed by atoms with Crippen LogP contribution in [-0.4, -0.2) is 0 Å². The molecule has 0 heteroatoms. The molecule has 0 heterocycles. The summed E-state index contributed by atoms with van der Waals surface area (Å²) in [6.07, 6.45) is 7.42. The van der Waals surface area contributed by atoms with Crippen LogP contribution < -0.4 is 0 Å². The van der Waals surface area contributed by atoms with Crippen LogP contribution in [0.4, 0.5) is 0 Å². The molecule has 0 unspecified atom stereocenters. The smallest absolute Gasteiger partial charge is 0.0279 e. The van der Waals surface area contributed by atoms with Crippen molar-refractivity contribution in [3.8, 4) is 0 Å². The first-order valence-corrected chi connectivity index (χ1v) is 3.71. The Morgan fingerprint density at radius 1 is 1.50 bits per heavy atom. The van der Waals surface area contributed by atoms with Gasteiger partial charge in [0.1, 0.15) is 0 Å². The Morgan fingerprint density at radius 3 is 2.40 bits per heavy atom. The van der Waals surface area contributed by atoms with Crippen molar-refractivity contribution in [3.05, 3.63) is 36.0 Å². The molecule has 0 spiro atoms. The van der Waals surface area contributed by atoms with Gasteiger partial charge in [0.05, 0.1) is 0 Å². The van der Waals surface area contributed by atoms with Gasteiger partial charge in [0, 0.05) is 0 Å². The maximum absolute atomic E-state index is 3.86. The highest BCUT2D eigenvalue weighted by atomic mass is 13.9. The lowest BCUT2D eigenvalue weighted by Crippen LogP contribution is -1.76. The van der Waals surface area contributed by atoms with E-state index in [1.165, 1.54) is 5.57 Å². The second-order valence-corrected chi connectivity index (χ2v) is 2.33. The molecule has 56 valence electrons. The van der Waals surface area contributed by atoms with E-state index in [1.807, 2.05) is 13.8 Å². The van der Waals surface area contributed by atoms with Crippen LogP contribution in [0.25, 0.3) is 0 Å². The Balaban J connectivity index is 4.12. The molecule has 0 fully saturated rings. The molecule has 0 N–H and O–H groups in total. The summed E-state index contributed by atoms with van der Waals surface area (Å²) in [4.78, 5) is 0. The molecule has 0 aliphatic rings. The minimum Gasteiger partial charge on any atom is -0.0955 e. The number of hydrogen-bond acceptors (Lipinski definition) is 0. The fraction of sp³-hybridized carbons (Fsp3) is 0.400. The van der Waals surface area contributed by atoms with E-state index in [9.17, 15) is 0 Å².